The van der Waals surface area contributed by atoms with E-state index in [9.17, 15) is 10.1 Å². The van der Waals surface area contributed by atoms with Crippen molar-refractivity contribution in [2.24, 2.45) is 11.7 Å². The number of nitrogens with one attached hydrogen (secondary N) is 1. The fraction of sp³-hybridized carbons (Fsp3) is 0.867. The Kier molecular flexibility index (Phi) is 6.44. The number of hydrogen-bond donors (Lipinski definition) is 2. The Morgan fingerprint density at radius 1 is 1.50 bits per heavy atom. The maximum atomic E-state index is 11.1. The summed E-state index contributed by atoms with van der Waals surface area (Å²) in [5.41, 5.74) is 4.89. The highest BCUT2D eigenvalue weighted by molar-refractivity contribution is 5.76. The maximum absolute atomic E-state index is 11.1. The van der Waals surface area contributed by atoms with Crippen LogP contribution in [0.4, 0.5) is 0 Å². The van der Waals surface area contributed by atoms with Gasteiger partial charge in [0.25, 0.3) is 0 Å². The molecule has 0 spiro atoms. The van der Waals surface area contributed by atoms with Crippen molar-refractivity contribution in [3.8, 4) is 6.07 Å². The molecule has 0 aromatic rings. The van der Waals surface area contributed by atoms with Crippen LogP contribution in [0.25, 0.3) is 0 Å². The van der Waals surface area contributed by atoms with E-state index in [2.05, 4.69) is 30.1 Å². The normalized spacial score (nSPS) is 20.6. The zero-order valence-corrected chi connectivity index (χ0v) is 13.0. The molecule has 1 atom stereocenters. The number of nitrogens with zero attached hydrogens (tertiary/aromatic N) is 2. The number of likely N-dealkylation sites (tertiary alicyclic amines) is 1. The number of carbonyl (C=O) groups is 1. The highest BCUT2D eigenvalue weighted by Crippen LogP contribution is 2.18. The first-order valence-electron chi connectivity index (χ1n) is 7.57. The van der Waals surface area contributed by atoms with Crippen LogP contribution in [0.15, 0.2) is 0 Å². The molecule has 0 aromatic heterocycles. The summed E-state index contributed by atoms with van der Waals surface area (Å²) in [6.45, 7) is 8.95. The van der Waals surface area contributed by atoms with Gasteiger partial charge in [0.2, 0.25) is 5.91 Å². The van der Waals surface area contributed by atoms with Gasteiger partial charge in [-0.3, -0.25) is 10.1 Å². The Bertz CT molecular complexity index is 355. The molecule has 1 fully saturated rings. The van der Waals surface area contributed by atoms with Crippen LogP contribution < -0.4 is 11.1 Å². The third kappa shape index (κ3) is 5.48. The summed E-state index contributed by atoms with van der Waals surface area (Å²) >= 11 is 0. The van der Waals surface area contributed by atoms with E-state index in [1.54, 1.807) is 0 Å². The first-order valence-corrected chi connectivity index (χ1v) is 7.57. The lowest BCUT2D eigenvalue weighted by Crippen LogP contribution is -2.45. The van der Waals surface area contributed by atoms with Crippen LogP contribution in [-0.2, 0) is 4.79 Å². The van der Waals surface area contributed by atoms with Crippen molar-refractivity contribution in [1.29, 1.82) is 5.26 Å². The molecule has 1 amide bonds. The number of nitrogens with two attached hydrogens (primary N) is 1. The Balaban J connectivity index is 2.28. The van der Waals surface area contributed by atoms with Crippen LogP contribution >= 0.6 is 0 Å². The molecule has 1 aliphatic heterocycles. The van der Waals surface area contributed by atoms with Gasteiger partial charge in [-0.25, -0.2) is 0 Å². The Morgan fingerprint density at radius 3 is 2.55 bits per heavy atom. The largest absolute Gasteiger partial charge is 0.369 e. The molecule has 1 rings (SSSR count). The van der Waals surface area contributed by atoms with Crippen molar-refractivity contribution in [2.75, 3.05) is 19.6 Å². The molecule has 5 nitrogen and oxygen atoms in total. The lowest BCUT2D eigenvalue weighted by atomic mass is 9.94. The van der Waals surface area contributed by atoms with Crippen molar-refractivity contribution in [2.45, 2.75) is 58.0 Å². The van der Waals surface area contributed by atoms with Crippen molar-refractivity contribution in [1.82, 2.24) is 10.2 Å². The zero-order chi connectivity index (χ0) is 15.2. The molecular weight excluding hydrogens is 252 g/mol. The highest BCUT2D eigenvalue weighted by Gasteiger charge is 2.26. The lowest BCUT2D eigenvalue weighted by Gasteiger charge is -2.32. The van der Waals surface area contributed by atoms with E-state index in [0.29, 0.717) is 6.04 Å². The van der Waals surface area contributed by atoms with E-state index in [0.717, 1.165) is 45.3 Å². The van der Waals surface area contributed by atoms with Gasteiger partial charge in [0.05, 0.1) is 6.07 Å². The predicted molar refractivity (Wildman–Crippen MR) is 79.9 cm³/mol. The van der Waals surface area contributed by atoms with E-state index < -0.39 is 5.54 Å². The Hall–Kier alpha value is -1.12. The van der Waals surface area contributed by atoms with E-state index in [-0.39, 0.29) is 11.8 Å². The van der Waals surface area contributed by atoms with E-state index in [1.807, 2.05) is 6.92 Å². The monoisotopic (exact) mass is 280 g/mol. The van der Waals surface area contributed by atoms with Gasteiger partial charge in [0, 0.05) is 12.0 Å². The van der Waals surface area contributed by atoms with Crippen LogP contribution in [0.2, 0.25) is 0 Å². The zero-order valence-electron chi connectivity index (χ0n) is 13.0. The molecular formula is C15H28N4O. The van der Waals surface area contributed by atoms with Gasteiger partial charge < -0.3 is 10.6 Å². The van der Waals surface area contributed by atoms with Gasteiger partial charge in [-0.15, -0.1) is 0 Å². The molecule has 1 saturated heterocycles. The van der Waals surface area contributed by atoms with Crippen LogP contribution in [0.5, 0.6) is 0 Å². The van der Waals surface area contributed by atoms with Crippen molar-refractivity contribution in [3.05, 3.63) is 0 Å². The molecule has 0 radical (unpaired) electrons. The fourth-order valence-corrected chi connectivity index (χ4v) is 2.89. The highest BCUT2D eigenvalue weighted by atomic mass is 16.1. The smallest absolute Gasteiger partial charge is 0.220 e. The van der Waals surface area contributed by atoms with Gasteiger partial charge >= 0.3 is 0 Å². The van der Waals surface area contributed by atoms with Crippen LogP contribution in [0.1, 0.15) is 46.5 Å². The molecule has 1 heterocycles. The summed E-state index contributed by atoms with van der Waals surface area (Å²) in [4.78, 5) is 13.5. The van der Waals surface area contributed by atoms with Gasteiger partial charge in [-0.05, 0) is 66.1 Å². The second-order valence-corrected chi connectivity index (χ2v) is 6.36. The third-order valence-corrected chi connectivity index (χ3v) is 4.00. The minimum Gasteiger partial charge on any atom is -0.369 e. The minimum absolute atomic E-state index is 0.0539. The van der Waals surface area contributed by atoms with Crippen molar-refractivity contribution in [3.63, 3.8) is 0 Å². The van der Waals surface area contributed by atoms with Crippen molar-refractivity contribution < 1.29 is 4.79 Å². The van der Waals surface area contributed by atoms with Crippen LogP contribution in [0.3, 0.4) is 0 Å². The van der Waals surface area contributed by atoms with Crippen molar-refractivity contribution >= 4 is 5.91 Å². The topological polar surface area (TPSA) is 82.2 Å². The number of nitriles is 1. The average molecular weight is 280 g/mol. The summed E-state index contributed by atoms with van der Waals surface area (Å²) in [5, 5.41) is 12.6. The number of rotatable bonds is 7. The summed E-state index contributed by atoms with van der Waals surface area (Å²) < 4.78 is 0. The summed E-state index contributed by atoms with van der Waals surface area (Å²) in [7, 11) is 0. The first-order chi connectivity index (χ1) is 9.36. The molecule has 0 saturated carbocycles. The van der Waals surface area contributed by atoms with Gasteiger partial charge in [0.1, 0.15) is 5.54 Å². The molecule has 3 N–H and O–H groups in total. The van der Waals surface area contributed by atoms with E-state index >= 15 is 0 Å². The lowest BCUT2D eigenvalue weighted by molar-refractivity contribution is -0.123. The SMILES string of the molecule is CC(C)NC(C)(C#N)CCCN1CCC(C(N)=O)CC1. The molecule has 5 heteroatoms. The first kappa shape index (κ1) is 16.9. The second-order valence-electron chi connectivity index (χ2n) is 6.36. The maximum Gasteiger partial charge on any atom is 0.220 e. The fourth-order valence-electron chi connectivity index (χ4n) is 2.89. The third-order valence-electron chi connectivity index (χ3n) is 4.00. The molecule has 20 heavy (non-hydrogen) atoms. The standard InChI is InChI=1S/C15H28N4O/c1-12(2)18-15(3,11-16)7-4-8-19-9-5-13(6-10-19)14(17)20/h12-13,18H,4-10H2,1-3H3,(H2,17,20). The molecule has 114 valence electrons. The van der Waals surface area contributed by atoms with Gasteiger partial charge in [-0.2, -0.15) is 5.26 Å². The molecule has 0 aliphatic carbocycles. The average Bonchev–Trinajstić information content (AvgIpc) is 2.38. The summed E-state index contributed by atoms with van der Waals surface area (Å²) in [6, 6.07) is 2.69. The van der Waals surface area contributed by atoms with Gasteiger partial charge in [-0.1, -0.05) is 0 Å². The Morgan fingerprint density at radius 2 is 2.10 bits per heavy atom. The summed E-state index contributed by atoms with van der Waals surface area (Å²) in [5.74, 6) is -0.110. The van der Waals surface area contributed by atoms with E-state index in [4.69, 9.17) is 5.73 Å². The number of primary amides is 1. The quantitative estimate of drug-likeness (QED) is 0.735. The Labute approximate surface area is 122 Å². The van der Waals surface area contributed by atoms with E-state index in [1.165, 1.54) is 0 Å². The number of hydrogen-bond acceptors (Lipinski definition) is 4. The molecule has 1 unspecified atom stereocenters. The second kappa shape index (κ2) is 7.61. The van der Waals surface area contributed by atoms with Crippen LogP contribution in [-0.4, -0.2) is 42.0 Å². The summed E-state index contributed by atoms with van der Waals surface area (Å²) in [6.07, 6.45) is 3.58. The minimum atomic E-state index is -0.445. The molecule has 0 bridgehead atoms. The number of carbonyl (C=O) groups excluding carboxylic acids is 1. The number of piperidine rings is 1. The molecule has 1 aliphatic rings. The molecule has 0 aromatic carbocycles. The van der Waals surface area contributed by atoms with Crippen LogP contribution in [0, 0.1) is 17.2 Å². The van der Waals surface area contributed by atoms with Gasteiger partial charge in [0.15, 0.2) is 0 Å². The number of amides is 1. The predicted octanol–water partition coefficient (Wildman–Crippen LogP) is 1.24.